The van der Waals surface area contributed by atoms with Gasteiger partial charge in [-0.05, 0) is 36.8 Å². The molecule has 0 aliphatic heterocycles. The molecular formula is C20H22N2O2S. The Labute approximate surface area is 152 Å². The van der Waals surface area contributed by atoms with E-state index in [1.165, 1.54) is 5.56 Å². The van der Waals surface area contributed by atoms with Gasteiger partial charge >= 0.3 is 0 Å². The molecule has 4 nitrogen and oxygen atoms in total. The van der Waals surface area contributed by atoms with Crippen LogP contribution in [0.3, 0.4) is 0 Å². The van der Waals surface area contributed by atoms with E-state index < -0.39 is 0 Å². The number of para-hydroxylation sites is 2. The molecule has 0 radical (unpaired) electrons. The SMILES string of the molecule is CCC(=O)Cn1c(SCCOc2cccc(C)c2)nc2ccccc21. The molecule has 0 saturated heterocycles. The molecule has 3 aromatic rings. The largest absolute Gasteiger partial charge is 0.493 e. The standard InChI is InChI=1S/C20H22N2O2S/c1-3-16(23)14-22-19-10-5-4-9-18(19)21-20(22)25-12-11-24-17-8-6-7-15(2)13-17/h4-10,13H,3,11-12,14H2,1-2H3. The van der Waals surface area contributed by atoms with Gasteiger partial charge in [0, 0.05) is 12.2 Å². The van der Waals surface area contributed by atoms with Crippen molar-refractivity contribution in [3.63, 3.8) is 0 Å². The Morgan fingerprint density at radius 3 is 2.84 bits per heavy atom. The van der Waals surface area contributed by atoms with Crippen molar-refractivity contribution >= 4 is 28.6 Å². The molecule has 0 atom stereocenters. The summed E-state index contributed by atoms with van der Waals surface area (Å²) in [5.41, 5.74) is 3.12. The molecule has 130 valence electrons. The lowest BCUT2D eigenvalue weighted by Gasteiger charge is -2.09. The van der Waals surface area contributed by atoms with Crippen molar-refractivity contribution < 1.29 is 9.53 Å². The van der Waals surface area contributed by atoms with Gasteiger partial charge in [-0.3, -0.25) is 4.79 Å². The fraction of sp³-hybridized carbons (Fsp3) is 0.300. The summed E-state index contributed by atoms with van der Waals surface area (Å²) in [6, 6.07) is 16.0. The number of hydrogen-bond donors (Lipinski definition) is 0. The van der Waals surface area contributed by atoms with Gasteiger partial charge in [-0.2, -0.15) is 0 Å². The highest BCUT2D eigenvalue weighted by Crippen LogP contribution is 2.24. The minimum atomic E-state index is 0.209. The molecule has 0 aliphatic carbocycles. The minimum Gasteiger partial charge on any atom is -0.493 e. The number of ether oxygens (including phenoxy) is 1. The van der Waals surface area contributed by atoms with Crippen molar-refractivity contribution in [3.8, 4) is 5.75 Å². The summed E-state index contributed by atoms with van der Waals surface area (Å²) in [5, 5.41) is 0.871. The van der Waals surface area contributed by atoms with Gasteiger partial charge < -0.3 is 9.30 Å². The van der Waals surface area contributed by atoms with E-state index >= 15 is 0 Å². The molecular weight excluding hydrogens is 332 g/mol. The molecule has 1 aromatic heterocycles. The summed E-state index contributed by atoms with van der Waals surface area (Å²) in [7, 11) is 0. The van der Waals surface area contributed by atoms with Crippen LogP contribution in [0.2, 0.25) is 0 Å². The molecule has 3 rings (SSSR count). The van der Waals surface area contributed by atoms with E-state index in [1.54, 1.807) is 11.8 Å². The third-order valence-corrected chi connectivity index (χ3v) is 4.86. The topological polar surface area (TPSA) is 44.1 Å². The van der Waals surface area contributed by atoms with Crippen molar-refractivity contribution in [1.29, 1.82) is 0 Å². The number of aryl methyl sites for hydroxylation is 1. The highest BCUT2D eigenvalue weighted by molar-refractivity contribution is 7.99. The molecule has 1 heterocycles. The van der Waals surface area contributed by atoms with Crippen LogP contribution in [0.25, 0.3) is 11.0 Å². The molecule has 0 N–H and O–H groups in total. The van der Waals surface area contributed by atoms with Gasteiger partial charge in [-0.15, -0.1) is 0 Å². The Morgan fingerprint density at radius 1 is 1.20 bits per heavy atom. The van der Waals surface area contributed by atoms with E-state index in [1.807, 2.05) is 54.0 Å². The molecule has 0 fully saturated rings. The minimum absolute atomic E-state index is 0.209. The Hall–Kier alpha value is -2.27. The Bertz CT molecular complexity index is 873. The highest BCUT2D eigenvalue weighted by Gasteiger charge is 2.13. The third kappa shape index (κ3) is 4.42. The lowest BCUT2D eigenvalue weighted by molar-refractivity contribution is -0.119. The van der Waals surface area contributed by atoms with Crippen molar-refractivity contribution in [2.45, 2.75) is 32.0 Å². The summed E-state index contributed by atoms with van der Waals surface area (Å²) in [4.78, 5) is 16.6. The van der Waals surface area contributed by atoms with Crippen LogP contribution in [0.1, 0.15) is 18.9 Å². The number of hydrogen-bond acceptors (Lipinski definition) is 4. The van der Waals surface area contributed by atoms with Crippen LogP contribution in [0.4, 0.5) is 0 Å². The first-order chi connectivity index (χ1) is 12.2. The lowest BCUT2D eigenvalue weighted by Crippen LogP contribution is -2.10. The third-order valence-electron chi connectivity index (χ3n) is 3.92. The smallest absolute Gasteiger partial charge is 0.169 e. The molecule has 0 aliphatic rings. The van der Waals surface area contributed by atoms with Gasteiger partial charge in [-0.25, -0.2) is 4.98 Å². The zero-order valence-electron chi connectivity index (χ0n) is 14.6. The number of aromatic nitrogens is 2. The number of carbonyl (C=O) groups is 1. The highest BCUT2D eigenvalue weighted by atomic mass is 32.2. The predicted molar refractivity (Wildman–Crippen MR) is 102 cm³/mol. The van der Waals surface area contributed by atoms with Crippen LogP contribution < -0.4 is 4.74 Å². The first-order valence-electron chi connectivity index (χ1n) is 8.46. The van der Waals surface area contributed by atoms with Gasteiger partial charge in [0.05, 0.1) is 24.2 Å². The summed E-state index contributed by atoms with van der Waals surface area (Å²) in [6.07, 6.45) is 0.535. The number of benzene rings is 2. The van der Waals surface area contributed by atoms with Crippen LogP contribution in [-0.2, 0) is 11.3 Å². The molecule has 0 amide bonds. The maximum absolute atomic E-state index is 11.9. The summed E-state index contributed by atoms with van der Waals surface area (Å²) in [6.45, 7) is 4.91. The van der Waals surface area contributed by atoms with Crippen molar-refractivity contribution in [2.24, 2.45) is 0 Å². The van der Waals surface area contributed by atoms with Gasteiger partial charge in [-0.1, -0.05) is 43.0 Å². The summed E-state index contributed by atoms with van der Waals surface area (Å²) in [5.74, 6) is 1.87. The number of carbonyl (C=O) groups excluding carboxylic acids is 1. The van der Waals surface area contributed by atoms with Crippen LogP contribution in [-0.4, -0.2) is 27.7 Å². The average molecular weight is 354 g/mol. The van der Waals surface area contributed by atoms with E-state index in [2.05, 4.69) is 18.0 Å². The zero-order chi connectivity index (χ0) is 17.6. The molecule has 0 bridgehead atoms. The maximum atomic E-state index is 11.9. The average Bonchev–Trinajstić information content (AvgIpc) is 2.96. The van der Waals surface area contributed by atoms with Gasteiger partial charge in [0.25, 0.3) is 0 Å². The van der Waals surface area contributed by atoms with Crippen LogP contribution in [0, 0.1) is 6.92 Å². The zero-order valence-corrected chi connectivity index (χ0v) is 15.4. The first kappa shape index (κ1) is 17.5. The Balaban J connectivity index is 1.68. The second-order valence-corrected chi connectivity index (χ2v) is 6.94. The van der Waals surface area contributed by atoms with Crippen molar-refractivity contribution in [3.05, 3.63) is 54.1 Å². The number of ketones is 1. The second kappa shape index (κ2) is 8.21. The summed E-state index contributed by atoms with van der Waals surface area (Å²) < 4.78 is 7.81. The molecule has 2 aromatic carbocycles. The van der Waals surface area contributed by atoms with E-state index in [4.69, 9.17) is 4.74 Å². The van der Waals surface area contributed by atoms with Crippen LogP contribution in [0.5, 0.6) is 5.75 Å². The first-order valence-corrected chi connectivity index (χ1v) is 9.45. The van der Waals surface area contributed by atoms with Gasteiger partial charge in [0.15, 0.2) is 10.9 Å². The van der Waals surface area contributed by atoms with E-state index in [0.29, 0.717) is 19.6 Å². The number of rotatable bonds is 8. The summed E-state index contributed by atoms with van der Waals surface area (Å²) >= 11 is 1.62. The number of imidazole rings is 1. The van der Waals surface area contributed by atoms with Crippen molar-refractivity contribution in [2.75, 3.05) is 12.4 Å². The van der Waals surface area contributed by atoms with Crippen molar-refractivity contribution in [1.82, 2.24) is 9.55 Å². The Kier molecular flexibility index (Phi) is 5.76. The number of fused-ring (bicyclic) bond motifs is 1. The molecule has 0 saturated carbocycles. The van der Waals surface area contributed by atoms with E-state index in [-0.39, 0.29) is 5.78 Å². The van der Waals surface area contributed by atoms with E-state index in [9.17, 15) is 4.79 Å². The van der Waals surface area contributed by atoms with Gasteiger partial charge in [0.2, 0.25) is 0 Å². The normalized spacial score (nSPS) is 11.0. The van der Waals surface area contributed by atoms with Gasteiger partial charge in [0.1, 0.15) is 5.75 Å². The molecule has 25 heavy (non-hydrogen) atoms. The molecule has 0 spiro atoms. The number of Topliss-reactive ketones (excluding diaryl/α,β-unsaturated/α-hetero) is 1. The second-order valence-electron chi connectivity index (χ2n) is 5.87. The molecule has 5 heteroatoms. The predicted octanol–water partition coefficient (Wildman–Crippen LogP) is 4.49. The van der Waals surface area contributed by atoms with E-state index in [0.717, 1.165) is 27.7 Å². The van der Waals surface area contributed by atoms with Crippen LogP contribution >= 0.6 is 11.8 Å². The fourth-order valence-corrected chi connectivity index (χ4v) is 3.43. The Morgan fingerprint density at radius 2 is 2.04 bits per heavy atom. The fourth-order valence-electron chi connectivity index (χ4n) is 2.60. The molecule has 0 unspecified atom stereocenters. The maximum Gasteiger partial charge on any atom is 0.169 e. The monoisotopic (exact) mass is 354 g/mol. The van der Waals surface area contributed by atoms with Crippen LogP contribution in [0.15, 0.2) is 53.7 Å². The number of thioether (sulfide) groups is 1. The number of nitrogens with zero attached hydrogens (tertiary/aromatic N) is 2. The lowest BCUT2D eigenvalue weighted by atomic mass is 10.2. The quantitative estimate of drug-likeness (QED) is 0.441.